The summed E-state index contributed by atoms with van der Waals surface area (Å²) in [6.07, 6.45) is -0.634. The van der Waals surface area contributed by atoms with Crippen LogP contribution in [0.5, 0.6) is 5.75 Å². The van der Waals surface area contributed by atoms with Crippen molar-refractivity contribution in [2.24, 2.45) is 0 Å². The maximum absolute atomic E-state index is 13.5. The average Bonchev–Trinajstić information content (AvgIpc) is 2.42. The molecule has 2 rings (SSSR count). The molecule has 6 heteroatoms. The summed E-state index contributed by atoms with van der Waals surface area (Å²) >= 11 is 0. The van der Waals surface area contributed by atoms with E-state index in [9.17, 15) is 23.4 Å². The second-order valence-corrected chi connectivity index (χ2v) is 6.18. The van der Waals surface area contributed by atoms with Crippen LogP contribution in [0.4, 0.5) is 13.2 Å². The van der Waals surface area contributed by atoms with Crippen LogP contribution < -0.4 is 4.74 Å². The van der Waals surface area contributed by atoms with Crippen LogP contribution in [0.2, 0.25) is 0 Å². The maximum atomic E-state index is 13.5. The summed E-state index contributed by atoms with van der Waals surface area (Å²) in [5.41, 5.74) is -7.08. The number of alkyl halides is 3. The zero-order chi connectivity index (χ0) is 17.0. The second kappa shape index (κ2) is 4.64. The van der Waals surface area contributed by atoms with Gasteiger partial charge in [0.1, 0.15) is 5.75 Å². The van der Waals surface area contributed by atoms with Crippen molar-refractivity contribution in [3.63, 3.8) is 0 Å². The largest absolute Gasteiger partial charge is 0.497 e. The summed E-state index contributed by atoms with van der Waals surface area (Å²) in [4.78, 5) is 0. The number of halogens is 3. The first-order chi connectivity index (χ1) is 9.93. The summed E-state index contributed by atoms with van der Waals surface area (Å²) < 4.78 is 45.5. The van der Waals surface area contributed by atoms with Crippen LogP contribution in [0.3, 0.4) is 0 Å². The molecule has 0 bridgehead atoms. The van der Waals surface area contributed by atoms with Gasteiger partial charge in [-0.1, -0.05) is 25.8 Å². The second-order valence-electron chi connectivity index (χ2n) is 6.18. The van der Waals surface area contributed by atoms with Gasteiger partial charge >= 0.3 is 6.18 Å². The summed E-state index contributed by atoms with van der Waals surface area (Å²) in [5.74, 6) is 2.00. The van der Waals surface area contributed by atoms with Crippen molar-refractivity contribution in [1.82, 2.24) is 0 Å². The number of aliphatic hydroxyl groups is 2. The van der Waals surface area contributed by atoms with E-state index < -0.39 is 29.2 Å². The van der Waals surface area contributed by atoms with Gasteiger partial charge in [-0.3, -0.25) is 0 Å². The lowest BCUT2D eigenvalue weighted by atomic mass is 9.59. The Labute approximate surface area is 126 Å². The number of terminal acetylenes is 1. The number of hydrogen-bond donors (Lipinski definition) is 2. The minimum atomic E-state index is -5.09. The minimum Gasteiger partial charge on any atom is -0.497 e. The monoisotopic (exact) mass is 314 g/mol. The number of benzene rings is 1. The average molecular weight is 314 g/mol. The molecule has 1 aliphatic carbocycles. The molecule has 2 atom stereocenters. The van der Waals surface area contributed by atoms with Gasteiger partial charge in [0.2, 0.25) is 5.60 Å². The SMILES string of the molecule is C#CC1(O)c2cc(OC)ccc2C(C)(C)CC1(O)C(F)(F)F. The molecule has 0 aliphatic heterocycles. The van der Waals surface area contributed by atoms with Gasteiger partial charge in [0, 0.05) is 5.56 Å². The fraction of sp³-hybridized carbons (Fsp3) is 0.500. The zero-order valence-corrected chi connectivity index (χ0v) is 12.5. The molecular formula is C16H17F3O3. The summed E-state index contributed by atoms with van der Waals surface area (Å²) in [7, 11) is 1.35. The predicted octanol–water partition coefficient (Wildman–Crippen LogP) is 2.49. The van der Waals surface area contributed by atoms with E-state index in [0.29, 0.717) is 5.56 Å². The molecule has 0 heterocycles. The van der Waals surface area contributed by atoms with Crippen LogP contribution >= 0.6 is 0 Å². The molecule has 1 aromatic rings. The van der Waals surface area contributed by atoms with Crippen molar-refractivity contribution in [1.29, 1.82) is 0 Å². The number of fused-ring (bicyclic) bond motifs is 1. The van der Waals surface area contributed by atoms with Crippen LogP contribution in [0.1, 0.15) is 31.4 Å². The van der Waals surface area contributed by atoms with E-state index in [1.54, 1.807) is 31.9 Å². The van der Waals surface area contributed by atoms with Gasteiger partial charge in [0.15, 0.2) is 5.60 Å². The number of rotatable bonds is 1. The summed E-state index contributed by atoms with van der Waals surface area (Å²) in [6.45, 7) is 3.12. The molecule has 0 saturated heterocycles. The Hall–Kier alpha value is -1.71. The Bertz CT molecular complexity index is 645. The topological polar surface area (TPSA) is 49.7 Å². The molecule has 1 aromatic carbocycles. The number of methoxy groups -OCH3 is 1. The fourth-order valence-corrected chi connectivity index (χ4v) is 3.13. The first-order valence-corrected chi connectivity index (χ1v) is 6.61. The molecule has 0 aromatic heterocycles. The molecule has 0 amide bonds. The lowest BCUT2D eigenvalue weighted by Crippen LogP contribution is -2.65. The van der Waals surface area contributed by atoms with Gasteiger partial charge in [0.25, 0.3) is 0 Å². The third-order valence-corrected chi connectivity index (χ3v) is 4.32. The van der Waals surface area contributed by atoms with E-state index in [-0.39, 0.29) is 11.3 Å². The summed E-state index contributed by atoms with van der Waals surface area (Å²) in [5, 5.41) is 20.9. The summed E-state index contributed by atoms with van der Waals surface area (Å²) in [6, 6.07) is 4.38. The van der Waals surface area contributed by atoms with Crippen molar-refractivity contribution in [2.45, 2.75) is 43.1 Å². The first kappa shape index (κ1) is 16.7. The number of ether oxygens (including phenoxy) is 1. The van der Waals surface area contributed by atoms with E-state index in [4.69, 9.17) is 11.2 Å². The smallest absolute Gasteiger partial charge is 0.421 e. The van der Waals surface area contributed by atoms with Gasteiger partial charge in [-0.05, 0) is 29.5 Å². The predicted molar refractivity (Wildman–Crippen MR) is 74.4 cm³/mol. The van der Waals surface area contributed by atoms with E-state index in [1.165, 1.54) is 13.2 Å². The van der Waals surface area contributed by atoms with Crippen LogP contribution in [0, 0.1) is 12.3 Å². The molecule has 22 heavy (non-hydrogen) atoms. The Morgan fingerprint density at radius 2 is 1.82 bits per heavy atom. The normalized spacial score (nSPS) is 30.3. The molecule has 3 nitrogen and oxygen atoms in total. The van der Waals surface area contributed by atoms with Gasteiger partial charge in [-0.15, -0.1) is 6.42 Å². The molecule has 0 radical (unpaired) electrons. The molecule has 1 aliphatic rings. The Morgan fingerprint density at radius 3 is 2.27 bits per heavy atom. The molecule has 0 spiro atoms. The van der Waals surface area contributed by atoms with Gasteiger partial charge in [-0.25, -0.2) is 0 Å². The third kappa shape index (κ3) is 2.00. The van der Waals surface area contributed by atoms with E-state index >= 15 is 0 Å². The number of hydrogen-bond acceptors (Lipinski definition) is 3. The van der Waals surface area contributed by atoms with Crippen LogP contribution in [0.15, 0.2) is 18.2 Å². The molecule has 2 unspecified atom stereocenters. The quantitative estimate of drug-likeness (QED) is 0.783. The molecular weight excluding hydrogens is 297 g/mol. The lowest BCUT2D eigenvalue weighted by molar-refractivity contribution is -0.319. The highest BCUT2D eigenvalue weighted by Gasteiger charge is 2.70. The Balaban J connectivity index is 2.85. The third-order valence-electron chi connectivity index (χ3n) is 4.32. The van der Waals surface area contributed by atoms with Gasteiger partial charge < -0.3 is 14.9 Å². The van der Waals surface area contributed by atoms with E-state index in [1.807, 2.05) is 0 Å². The van der Waals surface area contributed by atoms with Gasteiger partial charge in [0.05, 0.1) is 7.11 Å². The zero-order valence-electron chi connectivity index (χ0n) is 12.5. The van der Waals surface area contributed by atoms with Crippen LogP contribution in [0.25, 0.3) is 0 Å². The Kier molecular flexibility index (Phi) is 3.51. The van der Waals surface area contributed by atoms with Crippen LogP contribution in [-0.4, -0.2) is 29.1 Å². The van der Waals surface area contributed by atoms with E-state index in [0.717, 1.165) is 0 Å². The van der Waals surface area contributed by atoms with Gasteiger partial charge in [-0.2, -0.15) is 13.2 Å². The van der Waals surface area contributed by atoms with E-state index in [2.05, 4.69) is 0 Å². The minimum absolute atomic E-state index is 0.162. The highest BCUT2D eigenvalue weighted by Crippen LogP contribution is 2.56. The molecule has 0 saturated carbocycles. The van der Waals surface area contributed by atoms with Crippen molar-refractivity contribution in [3.8, 4) is 18.1 Å². The van der Waals surface area contributed by atoms with Crippen molar-refractivity contribution in [3.05, 3.63) is 29.3 Å². The van der Waals surface area contributed by atoms with Crippen molar-refractivity contribution in [2.75, 3.05) is 7.11 Å². The Morgan fingerprint density at radius 1 is 1.23 bits per heavy atom. The molecule has 0 fully saturated rings. The van der Waals surface area contributed by atoms with Crippen molar-refractivity contribution < 1.29 is 28.1 Å². The highest BCUT2D eigenvalue weighted by atomic mass is 19.4. The fourth-order valence-electron chi connectivity index (χ4n) is 3.13. The maximum Gasteiger partial charge on any atom is 0.421 e. The standard InChI is InChI=1S/C16H17F3O3/c1-5-14(20)12-8-10(22-4)6-7-11(12)13(2,3)9-15(14,21)16(17,18)19/h1,6-8,20-21H,9H2,2-4H3. The molecule has 2 N–H and O–H groups in total. The van der Waals surface area contributed by atoms with Crippen LogP contribution in [-0.2, 0) is 11.0 Å². The van der Waals surface area contributed by atoms with Crippen molar-refractivity contribution >= 4 is 0 Å². The molecule has 120 valence electrons. The first-order valence-electron chi connectivity index (χ1n) is 6.61. The lowest BCUT2D eigenvalue weighted by Gasteiger charge is -2.51. The highest BCUT2D eigenvalue weighted by molar-refractivity contribution is 5.51.